The van der Waals surface area contributed by atoms with Gasteiger partial charge in [0.2, 0.25) is 0 Å². The highest BCUT2D eigenvalue weighted by atomic mass is 15.1. The molecule has 0 saturated heterocycles. The van der Waals surface area contributed by atoms with Crippen LogP contribution in [0.2, 0.25) is 0 Å². The molecule has 0 saturated carbocycles. The Morgan fingerprint density at radius 1 is 1.40 bits per heavy atom. The van der Waals surface area contributed by atoms with Crippen LogP contribution in [0.4, 0.5) is 0 Å². The minimum atomic E-state index is 0.322. The van der Waals surface area contributed by atoms with Crippen molar-refractivity contribution in [3.05, 3.63) is 48.0 Å². The quantitative estimate of drug-likeness (QED) is 0.792. The van der Waals surface area contributed by atoms with Crippen molar-refractivity contribution in [2.24, 2.45) is 0 Å². The molecule has 0 aliphatic rings. The van der Waals surface area contributed by atoms with Gasteiger partial charge in [0.25, 0.3) is 0 Å². The van der Waals surface area contributed by atoms with Crippen molar-refractivity contribution in [1.29, 1.82) is 0 Å². The molecule has 4 nitrogen and oxygen atoms in total. The van der Waals surface area contributed by atoms with E-state index < -0.39 is 0 Å². The van der Waals surface area contributed by atoms with E-state index in [1.54, 1.807) is 0 Å². The highest BCUT2D eigenvalue weighted by Crippen LogP contribution is 2.10. The molecule has 4 heteroatoms. The molecule has 0 aromatic carbocycles. The predicted molar refractivity (Wildman–Crippen MR) is 58.1 cm³/mol. The first-order valence-electron chi connectivity index (χ1n) is 4.97. The van der Waals surface area contributed by atoms with E-state index in [-0.39, 0.29) is 0 Å². The molecule has 2 heterocycles. The van der Waals surface area contributed by atoms with Gasteiger partial charge in [-0.3, -0.25) is 10.1 Å². The van der Waals surface area contributed by atoms with Crippen LogP contribution >= 0.6 is 0 Å². The van der Waals surface area contributed by atoms with Crippen LogP contribution in [0, 0.1) is 0 Å². The number of nitrogens with zero attached hydrogens (tertiary/aromatic N) is 2. The van der Waals surface area contributed by atoms with Gasteiger partial charge in [0.1, 0.15) is 0 Å². The summed E-state index contributed by atoms with van der Waals surface area (Å²) < 4.78 is 0. The Kier molecular flexibility index (Phi) is 3.09. The van der Waals surface area contributed by atoms with Crippen molar-refractivity contribution >= 4 is 0 Å². The van der Waals surface area contributed by atoms with Gasteiger partial charge in [0, 0.05) is 36.7 Å². The molecule has 2 rings (SSSR count). The van der Waals surface area contributed by atoms with Crippen LogP contribution in [-0.4, -0.2) is 15.2 Å². The van der Waals surface area contributed by atoms with Crippen LogP contribution in [0.1, 0.15) is 24.1 Å². The summed E-state index contributed by atoms with van der Waals surface area (Å²) in [5, 5.41) is 10.1. The van der Waals surface area contributed by atoms with Crippen LogP contribution in [0.15, 0.2) is 36.9 Å². The molecule has 2 aromatic heterocycles. The third-order valence-corrected chi connectivity index (χ3v) is 2.37. The zero-order chi connectivity index (χ0) is 10.5. The smallest absolute Gasteiger partial charge is 0.0532 e. The molecule has 0 spiro atoms. The second-order valence-corrected chi connectivity index (χ2v) is 3.49. The number of aromatic amines is 1. The first-order valence-corrected chi connectivity index (χ1v) is 4.97. The van der Waals surface area contributed by atoms with E-state index in [4.69, 9.17) is 0 Å². The molecular weight excluding hydrogens is 188 g/mol. The number of rotatable bonds is 4. The summed E-state index contributed by atoms with van der Waals surface area (Å²) in [4.78, 5) is 4.00. The fourth-order valence-corrected chi connectivity index (χ4v) is 1.42. The van der Waals surface area contributed by atoms with E-state index in [9.17, 15) is 0 Å². The zero-order valence-electron chi connectivity index (χ0n) is 8.64. The number of hydrogen-bond donors (Lipinski definition) is 2. The van der Waals surface area contributed by atoms with Gasteiger partial charge in [0.15, 0.2) is 0 Å². The number of aromatic nitrogens is 3. The van der Waals surface area contributed by atoms with Crippen LogP contribution in [0.3, 0.4) is 0 Å². The number of hydrogen-bond acceptors (Lipinski definition) is 3. The van der Waals surface area contributed by atoms with Gasteiger partial charge in [0.05, 0.1) is 6.20 Å². The molecular formula is C11H14N4. The maximum absolute atomic E-state index is 4.00. The Bertz CT molecular complexity index is 382. The Balaban J connectivity index is 1.90. The molecule has 0 fully saturated rings. The third kappa shape index (κ3) is 2.63. The molecule has 15 heavy (non-hydrogen) atoms. The average molecular weight is 202 g/mol. The topological polar surface area (TPSA) is 53.6 Å². The highest BCUT2D eigenvalue weighted by molar-refractivity contribution is 5.14. The van der Waals surface area contributed by atoms with Gasteiger partial charge in [-0.2, -0.15) is 5.10 Å². The first-order chi connectivity index (χ1) is 7.36. The van der Waals surface area contributed by atoms with E-state index in [0.29, 0.717) is 6.04 Å². The third-order valence-electron chi connectivity index (χ3n) is 2.37. The largest absolute Gasteiger partial charge is 0.306 e. The highest BCUT2D eigenvalue weighted by Gasteiger charge is 2.03. The lowest BCUT2D eigenvalue weighted by atomic mass is 10.1. The van der Waals surface area contributed by atoms with Crippen LogP contribution in [-0.2, 0) is 6.54 Å². The van der Waals surface area contributed by atoms with E-state index in [1.807, 2.05) is 36.9 Å². The lowest BCUT2D eigenvalue weighted by Crippen LogP contribution is -2.17. The molecule has 1 unspecified atom stereocenters. The molecule has 0 aliphatic carbocycles. The van der Waals surface area contributed by atoms with Gasteiger partial charge in [-0.25, -0.2) is 0 Å². The van der Waals surface area contributed by atoms with E-state index in [2.05, 4.69) is 27.4 Å². The molecule has 2 N–H and O–H groups in total. The van der Waals surface area contributed by atoms with E-state index >= 15 is 0 Å². The minimum absolute atomic E-state index is 0.322. The number of pyridine rings is 1. The molecule has 0 aliphatic heterocycles. The predicted octanol–water partition coefficient (Wildman–Crippen LogP) is 1.66. The van der Waals surface area contributed by atoms with Gasteiger partial charge in [-0.1, -0.05) is 0 Å². The molecule has 0 radical (unpaired) electrons. The average Bonchev–Trinajstić information content (AvgIpc) is 2.80. The Hall–Kier alpha value is -1.68. The molecule has 1 atom stereocenters. The minimum Gasteiger partial charge on any atom is -0.306 e. The van der Waals surface area contributed by atoms with Gasteiger partial charge in [-0.15, -0.1) is 0 Å². The molecule has 0 bridgehead atoms. The Labute approximate surface area is 88.8 Å². The van der Waals surface area contributed by atoms with E-state index in [1.165, 1.54) is 5.56 Å². The standard InChI is InChI=1S/C11H14N4/c1-9(11-2-4-12-5-3-11)13-6-10-7-14-15-8-10/h2-5,7-9,13H,6H2,1H3,(H,14,15). The lowest BCUT2D eigenvalue weighted by Gasteiger charge is -2.12. The van der Waals surface area contributed by atoms with Crippen LogP contribution in [0.25, 0.3) is 0 Å². The summed E-state index contributed by atoms with van der Waals surface area (Å²) in [7, 11) is 0. The normalized spacial score (nSPS) is 12.6. The summed E-state index contributed by atoms with van der Waals surface area (Å²) in [6, 6.07) is 4.36. The molecule has 0 amide bonds. The van der Waals surface area contributed by atoms with Crippen molar-refractivity contribution in [3.8, 4) is 0 Å². The number of nitrogens with one attached hydrogen (secondary N) is 2. The summed E-state index contributed by atoms with van der Waals surface area (Å²) in [6.45, 7) is 2.95. The maximum Gasteiger partial charge on any atom is 0.0532 e. The monoisotopic (exact) mass is 202 g/mol. The van der Waals surface area contributed by atoms with Crippen molar-refractivity contribution in [2.45, 2.75) is 19.5 Å². The molecule has 78 valence electrons. The summed E-state index contributed by atoms with van der Waals surface area (Å²) in [5.41, 5.74) is 2.41. The van der Waals surface area contributed by atoms with Gasteiger partial charge < -0.3 is 5.32 Å². The summed E-state index contributed by atoms with van der Waals surface area (Å²) in [5.74, 6) is 0. The van der Waals surface area contributed by atoms with Crippen molar-refractivity contribution < 1.29 is 0 Å². The van der Waals surface area contributed by atoms with Crippen LogP contribution in [0.5, 0.6) is 0 Å². The second kappa shape index (κ2) is 4.70. The van der Waals surface area contributed by atoms with Gasteiger partial charge >= 0.3 is 0 Å². The van der Waals surface area contributed by atoms with Gasteiger partial charge in [-0.05, 0) is 24.6 Å². The molecule has 2 aromatic rings. The first kappa shape index (κ1) is 9.86. The van der Waals surface area contributed by atoms with Crippen molar-refractivity contribution in [1.82, 2.24) is 20.5 Å². The van der Waals surface area contributed by atoms with Crippen molar-refractivity contribution in [3.63, 3.8) is 0 Å². The fourth-order valence-electron chi connectivity index (χ4n) is 1.42. The maximum atomic E-state index is 4.00. The Morgan fingerprint density at radius 2 is 2.20 bits per heavy atom. The fraction of sp³-hybridized carbons (Fsp3) is 0.273. The van der Waals surface area contributed by atoms with Crippen molar-refractivity contribution in [2.75, 3.05) is 0 Å². The zero-order valence-corrected chi connectivity index (χ0v) is 8.64. The Morgan fingerprint density at radius 3 is 2.87 bits per heavy atom. The van der Waals surface area contributed by atoms with E-state index in [0.717, 1.165) is 12.1 Å². The summed E-state index contributed by atoms with van der Waals surface area (Å²) >= 11 is 0. The van der Waals surface area contributed by atoms with Crippen LogP contribution < -0.4 is 5.32 Å². The SMILES string of the molecule is CC(NCc1cn[nH]c1)c1ccncc1. The second-order valence-electron chi connectivity index (χ2n) is 3.49. The lowest BCUT2D eigenvalue weighted by molar-refractivity contribution is 0.574. The summed E-state index contributed by atoms with van der Waals surface area (Å²) in [6.07, 6.45) is 7.34. The number of H-pyrrole nitrogens is 1.